The Labute approximate surface area is 460 Å². The van der Waals surface area contributed by atoms with Crippen molar-refractivity contribution in [2.24, 2.45) is 17.8 Å². The number of hydrogen-bond donors (Lipinski definition) is 3. The van der Waals surface area contributed by atoms with Gasteiger partial charge in [0.15, 0.2) is 12.2 Å². The summed E-state index contributed by atoms with van der Waals surface area (Å²) in [5.41, 5.74) is 0. The molecule has 0 amide bonds. The number of aliphatic hydroxyl groups is 1. The second kappa shape index (κ2) is 48.9. The van der Waals surface area contributed by atoms with Crippen LogP contribution in [0.5, 0.6) is 0 Å². The molecule has 0 spiro atoms. The van der Waals surface area contributed by atoms with Gasteiger partial charge in [0.25, 0.3) is 0 Å². The SMILES string of the molecule is CCCCCCCCCC(=O)OC[C@H](COP(=O)(O)OC[C@H](O)COP(=O)(O)OC[C@@H](COC(=O)CCCCCCCCCC(C)C)OC(=O)CCCCCCCCCC(C)C)OC(=O)CCCCCCCCC(C)C. The molecule has 0 aromatic heterocycles. The third-order valence-electron chi connectivity index (χ3n) is 12.9. The van der Waals surface area contributed by atoms with Crippen LogP contribution in [0.1, 0.15) is 267 Å². The number of phosphoric acid groups is 2. The third kappa shape index (κ3) is 51.5. The lowest BCUT2D eigenvalue weighted by Crippen LogP contribution is -2.30. The van der Waals surface area contributed by atoms with Crippen LogP contribution in [-0.2, 0) is 65.4 Å². The van der Waals surface area contributed by atoms with Crippen molar-refractivity contribution in [1.82, 2.24) is 0 Å². The summed E-state index contributed by atoms with van der Waals surface area (Å²) in [6.07, 6.45) is 27.1. The van der Waals surface area contributed by atoms with Crippen molar-refractivity contribution >= 4 is 39.5 Å². The average molecular weight is 1130 g/mol. The van der Waals surface area contributed by atoms with E-state index in [0.717, 1.165) is 109 Å². The molecule has 0 aromatic rings. The number of hydrogen-bond acceptors (Lipinski definition) is 15. The van der Waals surface area contributed by atoms with Crippen LogP contribution in [0.2, 0.25) is 0 Å². The highest BCUT2D eigenvalue weighted by Crippen LogP contribution is 2.45. The minimum Gasteiger partial charge on any atom is -0.462 e. The van der Waals surface area contributed by atoms with Crippen molar-refractivity contribution in [2.45, 2.75) is 285 Å². The lowest BCUT2D eigenvalue weighted by atomic mass is 10.0. The lowest BCUT2D eigenvalue weighted by Gasteiger charge is -2.21. The fraction of sp³-hybridized carbons (Fsp3) is 0.930. The number of aliphatic hydroxyl groups excluding tert-OH is 1. The van der Waals surface area contributed by atoms with Crippen LogP contribution >= 0.6 is 15.6 Å². The van der Waals surface area contributed by atoms with Gasteiger partial charge in [0.1, 0.15) is 19.3 Å². The van der Waals surface area contributed by atoms with E-state index in [0.29, 0.717) is 43.4 Å². The maximum atomic E-state index is 12.9. The Balaban J connectivity index is 5.22. The van der Waals surface area contributed by atoms with E-state index in [4.69, 9.17) is 37.0 Å². The molecule has 2 unspecified atom stereocenters. The van der Waals surface area contributed by atoms with Gasteiger partial charge >= 0.3 is 39.5 Å². The molecule has 0 saturated carbocycles. The normalized spacial score (nSPS) is 14.6. The largest absolute Gasteiger partial charge is 0.472 e. The Kier molecular flexibility index (Phi) is 47.7. The standard InChI is InChI=1S/C57H110O17P2/c1-8-9-10-11-14-24-31-38-54(59)67-44-53(74-57(62)41-34-27-20-19-23-30-37-50(6)7)47-72-76(65,66)70-43-51(58)42-69-75(63,64)71-46-52(73-56(61)40-33-26-18-13-16-22-29-36-49(4)5)45-68-55(60)39-32-25-17-12-15-21-28-35-48(2)3/h48-53,58H,8-47H2,1-7H3,(H,63,64)(H,65,66)/t51-,52-,53-/m1/s1. The van der Waals surface area contributed by atoms with Gasteiger partial charge in [0.2, 0.25) is 0 Å². The van der Waals surface area contributed by atoms with E-state index in [1.165, 1.54) is 57.8 Å². The molecule has 17 nitrogen and oxygen atoms in total. The smallest absolute Gasteiger partial charge is 0.462 e. The molecular weight excluding hydrogens is 1020 g/mol. The van der Waals surface area contributed by atoms with E-state index < -0.39 is 97.5 Å². The van der Waals surface area contributed by atoms with Crippen LogP contribution in [-0.4, -0.2) is 96.7 Å². The van der Waals surface area contributed by atoms with Crippen LogP contribution < -0.4 is 0 Å². The second-order valence-electron chi connectivity index (χ2n) is 22.1. The summed E-state index contributed by atoms with van der Waals surface area (Å²) in [7, 11) is -9.87. The Hall–Kier alpha value is -1.94. The summed E-state index contributed by atoms with van der Waals surface area (Å²) in [6, 6.07) is 0. The van der Waals surface area contributed by atoms with E-state index in [1.54, 1.807) is 0 Å². The molecule has 5 atom stereocenters. The average Bonchev–Trinajstić information content (AvgIpc) is 3.36. The van der Waals surface area contributed by atoms with Gasteiger partial charge in [-0.15, -0.1) is 0 Å². The molecule has 450 valence electrons. The van der Waals surface area contributed by atoms with E-state index >= 15 is 0 Å². The summed E-state index contributed by atoms with van der Waals surface area (Å²) in [6.45, 7) is 11.5. The minimum atomic E-state index is -4.94. The highest BCUT2D eigenvalue weighted by atomic mass is 31.2. The molecule has 76 heavy (non-hydrogen) atoms. The van der Waals surface area contributed by atoms with Crippen molar-refractivity contribution in [3.05, 3.63) is 0 Å². The molecule has 0 bridgehead atoms. The molecule has 0 aromatic carbocycles. The Morgan fingerprint density at radius 1 is 0.355 bits per heavy atom. The third-order valence-corrected chi connectivity index (χ3v) is 14.8. The Bertz CT molecular complexity index is 1530. The van der Waals surface area contributed by atoms with Gasteiger partial charge in [-0.25, -0.2) is 9.13 Å². The molecule has 0 radical (unpaired) electrons. The van der Waals surface area contributed by atoms with Crippen molar-refractivity contribution in [3.8, 4) is 0 Å². The highest BCUT2D eigenvalue weighted by molar-refractivity contribution is 7.47. The van der Waals surface area contributed by atoms with Gasteiger partial charge in [-0.2, -0.15) is 0 Å². The van der Waals surface area contributed by atoms with Crippen molar-refractivity contribution < 1.29 is 80.2 Å². The zero-order chi connectivity index (χ0) is 56.7. The summed E-state index contributed by atoms with van der Waals surface area (Å²) < 4.78 is 67.5. The topological polar surface area (TPSA) is 237 Å². The predicted molar refractivity (Wildman–Crippen MR) is 298 cm³/mol. The molecule has 0 aliphatic heterocycles. The zero-order valence-corrected chi connectivity index (χ0v) is 50.5. The fourth-order valence-corrected chi connectivity index (χ4v) is 9.82. The van der Waals surface area contributed by atoms with Crippen LogP contribution in [0.25, 0.3) is 0 Å². The summed E-state index contributed by atoms with van der Waals surface area (Å²) in [5.74, 6) is -0.0864. The van der Waals surface area contributed by atoms with Crippen LogP contribution in [0, 0.1) is 17.8 Å². The Morgan fingerprint density at radius 3 is 0.895 bits per heavy atom. The first-order valence-electron chi connectivity index (χ1n) is 29.8. The molecule has 0 rings (SSSR count). The predicted octanol–water partition coefficient (Wildman–Crippen LogP) is 14.8. The van der Waals surface area contributed by atoms with E-state index in [2.05, 4.69) is 48.5 Å². The molecule has 0 aliphatic carbocycles. The van der Waals surface area contributed by atoms with E-state index in [-0.39, 0.29) is 25.7 Å². The maximum Gasteiger partial charge on any atom is 0.472 e. The fourth-order valence-electron chi connectivity index (χ4n) is 8.24. The molecule has 0 fully saturated rings. The molecule has 0 saturated heterocycles. The minimum absolute atomic E-state index is 0.101. The number of carbonyl (C=O) groups excluding carboxylic acids is 4. The summed E-state index contributed by atoms with van der Waals surface area (Å²) in [4.78, 5) is 71.7. The lowest BCUT2D eigenvalue weighted by molar-refractivity contribution is -0.161. The molecule has 3 N–H and O–H groups in total. The molecule has 19 heteroatoms. The zero-order valence-electron chi connectivity index (χ0n) is 48.7. The van der Waals surface area contributed by atoms with Gasteiger partial charge in [-0.3, -0.25) is 37.3 Å². The number of esters is 4. The second-order valence-corrected chi connectivity index (χ2v) is 25.0. The molecule has 0 heterocycles. The van der Waals surface area contributed by atoms with E-state index in [1.807, 2.05) is 0 Å². The maximum absolute atomic E-state index is 12.9. The van der Waals surface area contributed by atoms with Gasteiger partial charge in [0.05, 0.1) is 26.4 Å². The first kappa shape index (κ1) is 74.1. The van der Waals surface area contributed by atoms with Crippen LogP contribution in [0.3, 0.4) is 0 Å². The number of rotatable bonds is 55. The highest BCUT2D eigenvalue weighted by Gasteiger charge is 2.30. The molecular formula is C57H110O17P2. The van der Waals surface area contributed by atoms with Crippen molar-refractivity contribution in [1.29, 1.82) is 0 Å². The number of phosphoric ester groups is 2. The van der Waals surface area contributed by atoms with Gasteiger partial charge in [-0.1, -0.05) is 215 Å². The Morgan fingerprint density at radius 2 is 0.605 bits per heavy atom. The van der Waals surface area contributed by atoms with Gasteiger partial charge in [0, 0.05) is 25.7 Å². The quantitative estimate of drug-likeness (QED) is 0.0222. The van der Waals surface area contributed by atoms with Crippen LogP contribution in [0.4, 0.5) is 0 Å². The number of ether oxygens (including phenoxy) is 4. The number of carbonyl (C=O) groups is 4. The monoisotopic (exact) mass is 1130 g/mol. The van der Waals surface area contributed by atoms with Gasteiger partial charge in [-0.05, 0) is 43.4 Å². The van der Waals surface area contributed by atoms with Crippen molar-refractivity contribution in [2.75, 3.05) is 39.6 Å². The van der Waals surface area contributed by atoms with Crippen LogP contribution in [0.15, 0.2) is 0 Å². The first-order chi connectivity index (χ1) is 36.2. The first-order valence-corrected chi connectivity index (χ1v) is 32.8. The van der Waals surface area contributed by atoms with Crippen molar-refractivity contribution in [3.63, 3.8) is 0 Å². The van der Waals surface area contributed by atoms with Gasteiger partial charge < -0.3 is 33.8 Å². The summed E-state index contributed by atoms with van der Waals surface area (Å²) in [5, 5.41) is 10.5. The molecule has 0 aliphatic rings. The number of unbranched alkanes of at least 4 members (excludes halogenated alkanes) is 23. The van der Waals surface area contributed by atoms with E-state index in [9.17, 15) is 43.2 Å². The summed E-state index contributed by atoms with van der Waals surface area (Å²) >= 11 is 0.